The smallest absolute Gasteiger partial charge is 0.414 e. The summed E-state index contributed by atoms with van der Waals surface area (Å²) in [5, 5.41) is 7.65. The van der Waals surface area contributed by atoms with Gasteiger partial charge in [0.1, 0.15) is 6.10 Å². The number of anilines is 2. The summed E-state index contributed by atoms with van der Waals surface area (Å²) in [4.78, 5) is 26.4. The molecule has 1 aromatic carbocycles. The minimum absolute atomic E-state index is 0.232. The number of halogens is 1. The zero-order valence-electron chi connectivity index (χ0n) is 16.1. The van der Waals surface area contributed by atoms with Gasteiger partial charge in [-0.25, -0.2) is 10.6 Å². The molecule has 10 heteroatoms. The first-order valence-corrected chi connectivity index (χ1v) is 10.5. The van der Waals surface area contributed by atoms with Crippen molar-refractivity contribution < 1.29 is 14.3 Å². The summed E-state index contributed by atoms with van der Waals surface area (Å²) in [5.41, 5.74) is 1.58. The Morgan fingerprint density at radius 1 is 1.34 bits per heavy atom. The molecular weight excluding hydrogens is 414 g/mol. The monoisotopic (exact) mass is 437 g/mol. The van der Waals surface area contributed by atoms with Crippen LogP contribution in [0, 0.1) is 0 Å². The Morgan fingerprint density at radius 2 is 2.10 bits per heavy atom. The summed E-state index contributed by atoms with van der Waals surface area (Å²) in [6.07, 6.45) is -0.861. The SMILES string of the molecule is CCNCCN(N)c1ccc(N2CC(CNC(=O)c3ccc(Cl)s3)OC2=O)cc1. The zero-order valence-corrected chi connectivity index (χ0v) is 17.6. The van der Waals surface area contributed by atoms with Crippen molar-refractivity contribution in [3.63, 3.8) is 0 Å². The Morgan fingerprint density at radius 3 is 2.76 bits per heavy atom. The summed E-state index contributed by atoms with van der Waals surface area (Å²) >= 11 is 7.05. The molecule has 1 atom stereocenters. The number of ether oxygens (including phenoxy) is 1. The van der Waals surface area contributed by atoms with Gasteiger partial charge in [-0.15, -0.1) is 11.3 Å². The van der Waals surface area contributed by atoms with Crippen molar-refractivity contribution in [3.05, 3.63) is 45.6 Å². The fraction of sp³-hybridized carbons (Fsp3) is 0.368. The third kappa shape index (κ3) is 5.60. The molecular formula is C19H24ClN5O3S. The lowest BCUT2D eigenvalue weighted by Gasteiger charge is -2.20. The number of nitrogens with zero attached hydrogens (tertiary/aromatic N) is 2. The van der Waals surface area contributed by atoms with Gasteiger partial charge in [0.05, 0.1) is 28.0 Å². The molecule has 1 aliphatic rings. The van der Waals surface area contributed by atoms with Crippen LogP contribution in [0.5, 0.6) is 0 Å². The Hall–Kier alpha value is -2.33. The maximum absolute atomic E-state index is 12.2. The molecule has 1 aromatic heterocycles. The number of hydrogen-bond acceptors (Lipinski definition) is 7. The van der Waals surface area contributed by atoms with Crippen LogP contribution in [0.25, 0.3) is 0 Å². The average Bonchev–Trinajstić information content (AvgIpc) is 3.32. The first-order chi connectivity index (χ1) is 14.0. The van der Waals surface area contributed by atoms with Crippen LogP contribution in [0.3, 0.4) is 0 Å². The molecule has 0 spiro atoms. The van der Waals surface area contributed by atoms with Crippen molar-refractivity contribution in [2.75, 3.05) is 42.6 Å². The number of nitrogens with two attached hydrogens (primary N) is 1. The molecule has 2 aromatic rings. The molecule has 2 heterocycles. The average molecular weight is 438 g/mol. The lowest BCUT2D eigenvalue weighted by atomic mass is 10.2. The first kappa shape index (κ1) is 21.4. The number of hydrazine groups is 1. The molecule has 4 N–H and O–H groups in total. The Labute approximate surface area is 178 Å². The summed E-state index contributed by atoms with van der Waals surface area (Å²) in [6.45, 7) is 4.99. The number of nitrogens with one attached hydrogen (secondary N) is 2. The van der Waals surface area contributed by atoms with Gasteiger partial charge in [-0.2, -0.15) is 0 Å². The predicted molar refractivity (Wildman–Crippen MR) is 116 cm³/mol. The van der Waals surface area contributed by atoms with Crippen LogP contribution in [0.2, 0.25) is 4.34 Å². The number of amides is 2. The molecule has 0 aliphatic carbocycles. The first-order valence-electron chi connectivity index (χ1n) is 9.32. The van der Waals surface area contributed by atoms with Crippen LogP contribution < -0.4 is 26.4 Å². The molecule has 8 nitrogen and oxygen atoms in total. The number of carbonyl (C=O) groups excluding carboxylic acids is 2. The minimum Gasteiger partial charge on any atom is -0.442 e. The third-order valence-corrected chi connectivity index (χ3v) is 5.66. The van der Waals surface area contributed by atoms with Gasteiger partial charge in [0.25, 0.3) is 5.91 Å². The highest BCUT2D eigenvalue weighted by molar-refractivity contribution is 7.17. The van der Waals surface area contributed by atoms with Gasteiger partial charge in [-0.05, 0) is 42.9 Å². The number of hydrogen-bond donors (Lipinski definition) is 3. The highest BCUT2D eigenvalue weighted by atomic mass is 35.5. The van der Waals surface area contributed by atoms with E-state index in [-0.39, 0.29) is 12.5 Å². The van der Waals surface area contributed by atoms with Crippen molar-refractivity contribution in [2.24, 2.45) is 5.84 Å². The topological polar surface area (TPSA) is 99.9 Å². The Bertz CT molecular complexity index is 845. The van der Waals surface area contributed by atoms with Crippen LogP contribution in [0.4, 0.5) is 16.2 Å². The van der Waals surface area contributed by atoms with E-state index in [1.165, 1.54) is 11.3 Å². The van der Waals surface area contributed by atoms with E-state index in [2.05, 4.69) is 10.6 Å². The second kappa shape index (κ2) is 9.93. The highest BCUT2D eigenvalue weighted by Gasteiger charge is 2.32. The summed E-state index contributed by atoms with van der Waals surface area (Å²) in [5.74, 6) is 5.81. The molecule has 156 valence electrons. The largest absolute Gasteiger partial charge is 0.442 e. The van der Waals surface area contributed by atoms with E-state index in [0.717, 1.165) is 24.5 Å². The highest BCUT2D eigenvalue weighted by Crippen LogP contribution is 2.24. The van der Waals surface area contributed by atoms with Crippen LogP contribution >= 0.6 is 22.9 Å². The van der Waals surface area contributed by atoms with Crippen molar-refractivity contribution in [1.82, 2.24) is 10.6 Å². The van der Waals surface area contributed by atoms with Crippen LogP contribution in [0.1, 0.15) is 16.6 Å². The molecule has 0 bridgehead atoms. The van der Waals surface area contributed by atoms with Crippen molar-refractivity contribution in [1.29, 1.82) is 0 Å². The van der Waals surface area contributed by atoms with E-state index >= 15 is 0 Å². The molecule has 3 rings (SSSR count). The van der Waals surface area contributed by atoms with Crippen LogP contribution in [0.15, 0.2) is 36.4 Å². The molecule has 1 unspecified atom stereocenters. The van der Waals surface area contributed by atoms with Gasteiger partial charge in [-0.1, -0.05) is 18.5 Å². The summed E-state index contributed by atoms with van der Waals surface area (Å²) in [7, 11) is 0. The van der Waals surface area contributed by atoms with Crippen molar-refractivity contribution >= 4 is 46.3 Å². The molecule has 0 saturated carbocycles. The van der Waals surface area contributed by atoms with Gasteiger partial charge in [0.2, 0.25) is 0 Å². The maximum Gasteiger partial charge on any atom is 0.414 e. The number of carbonyl (C=O) groups is 2. The standard InChI is InChI=1S/C19H24ClN5O3S/c1-2-22-9-10-25(21)14-5-3-13(4-6-14)24-12-15(28-19(24)27)11-23-18(26)16-7-8-17(20)29-16/h3-8,15,22H,2,9-12,21H2,1H3,(H,23,26). The summed E-state index contributed by atoms with van der Waals surface area (Å²) in [6, 6.07) is 10.7. The maximum atomic E-state index is 12.2. The fourth-order valence-electron chi connectivity index (χ4n) is 2.90. The van der Waals surface area contributed by atoms with E-state index in [9.17, 15) is 9.59 Å². The number of rotatable bonds is 9. The van der Waals surface area contributed by atoms with Crippen LogP contribution in [-0.2, 0) is 4.74 Å². The third-order valence-electron chi connectivity index (χ3n) is 4.43. The second-order valence-electron chi connectivity index (χ2n) is 6.49. The summed E-state index contributed by atoms with van der Waals surface area (Å²) < 4.78 is 5.92. The Balaban J connectivity index is 1.52. The van der Waals surface area contributed by atoms with E-state index in [4.69, 9.17) is 22.2 Å². The molecule has 29 heavy (non-hydrogen) atoms. The van der Waals surface area contributed by atoms with Gasteiger partial charge >= 0.3 is 6.09 Å². The molecule has 2 amide bonds. The van der Waals surface area contributed by atoms with Gasteiger partial charge in [0.15, 0.2) is 0 Å². The minimum atomic E-state index is -0.437. The quantitative estimate of drug-likeness (QED) is 0.316. The molecule has 1 aliphatic heterocycles. The van der Waals surface area contributed by atoms with Crippen molar-refractivity contribution in [2.45, 2.75) is 13.0 Å². The predicted octanol–water partition coefficient (Wildman–Crippen LogP) is 2.45. The van der Waals surface area contributed by atoms with E-state index in [0.29, 0.717) is 22.3 Å². The fourth-order valence-corrected chi connectivity index (χ4v) is 3.86. The van der Waals surface area contributed by atoms with E-state index < -0.39 is 12.2 Å². The van der Waals surface area contributed by atoms with E-state index in [1.807, 2.05) is 31.2 Å². The zero-order chi connectivity index (χ0) is 20.8. The number of cyclic esters (lactones) is 1. The van der Waals surface area contributed by atoms with E-state index in [1.54, 1.807) is 22.0 Å². The molecule has 0 radical (unpaired) electrons. The normalized spacial score (nSPS) is 16.0. The molecule has 1 fully saturated rings. The van der Waals surface area contributed by atoms with Gasteiger partial charge < -0.3 is 20.4 Å². The van der Waals surface area contributed by atoms with Gasteiger partial charge in [-0.3, -0.25) is 9.69 Å². The Kier molecular flexibility index (Phi) is 7.32. The lowest BCUT2D eigenvalue weighted by Crippen LogP contribution is -2.37. The number of thiophene rings is 1. The number of benzene rings is 1. The van der Waals surface area contributed by atoms with Gasteiger partial charge in [0, 0.05) is 18.8 Å². The lowest BCUT2D eigenvalue weighted by molar-refractivity contribution is 0.0920. The molecule has 1 saturated heterocycles. The van der Waals surface area contributed by atoms with Crippen molar-refractivity contribution in [3.8, 4) is 0 Å². The van der Waals surface area contributed by atoms with Crippen LogP contribution in [-0.4, -0.2) is 50.8 Å². The second-order valence-corrected chi connectivity index (χ2v) is 8.21. The number of likely N-dealkylation sites (N-methyl/N-ethyl adjacent to an activating group) is 1.